The van der Waals surface area contributed by atoms with Crippen molar-refractivity contribution in [2.24, 2.45) is 32.9 Å². The molecule has 0 atom stereocenters. The lowest BCUT2D eigenvalue weighted by atomic mass is 10.1. The van der Waals surface area contributed by atoms with E-state index < -0.39 is 0 Å². The third kappa shape index (κ3) is 13.8. The largest absolute Gasteiger partial charge is 0.494 e. The molecule has 0 saturated carbocycles. The summed E-state index contributed by atoms with van der Waals surface area (Å²) in [5, 5.41) is 0. The Labute approximate surface area is 209 Å². The molecule has 192 valence electrons. The van der Waals surface area contributed by atoms with Crippen molar-refractivity contribution in [2.45, 2.75) is 57.8 Å². The highest BCUT2D eigenvalue weighted by Crippen LogP contribution is 2.15. The van der Waals surface area contributed by atoms with Gasteiger partial charge in [0.25, 0.3) is 0 Å². The first-order chi connectivity index (χ1) is 17.0. The van der Waals surface area contributed by atoms with Gasteiger partial charge in [0.1, 0.15) is 11.5 Å². The Hall–Kier alpha value is -3.42. The van der Waals surface area contributed by atoms with Crippen LogP contribution >= 0.6 is 0 Å². The number of benzene rings is 2. The van der Waals surface area contributed by atoms with Crippen molar-refractivity contribution in [1.82, 2.24) is 0 Å². The number of nitrogens with two attached hydrogens (primary N) is 4. The fourth-order valence-electron chi connectivity index (χ4n) is 3.60. The molecular weight excluding hydrogens is 440 g/mol. The maximum atomic E-state index is 5.84. The van der Waals surface area contributed by atoms with Crippen molar-refractivity contribution in [1.29, 1.82) is 0 Å². The lowest BCUT2D eigenvalue weighted by Gasteiger charge is -2.08. The topological polar surface area (TPSA) is 147 Å². The Bertz CT molecular complexity index is 800. The van der Waals surface area contributed by atoms with E-state index in [0.717, 1.165) is 50.4 Å². The molecule has 0 aliphatic heterocycles. The van der Waals surface area contributed by atoms with Crippen LogP contribution in [-0.4, -0.2) is 38.2 Å². The second-order valence-corrected chi connectivity index (χ2v) is 8.57. The minimum absolute atomic E-state index is 0.134. The van der Waals surface area contributed by atoms with Crippen molar-refractivity contribution in [3.05, 3.63) is 59.7 Å². The minimum atomic E-state index is 0.134. The SMILES string of the molecule is NC(N)=NCCc1ccc(OCCCCCCCCCOc2ccc(CCN=C(N)N)cc2)cc1. The summed E-state index contributed by atoms with van der Waals surface area (Å²) >= 11 is 0. The molecular formula is C27H42N6O2. The number of nitrogens with zero attached hydrogens (tertiary/aromatic N) is 2. The minimum Gasteiger partial charge on any atom is -0.494 e. The predicted molar refractivity (Wildman–Crippen MR) is 145 cm³/mol. The lowest BCUT2D eigenvalue weighted by molar-refractivity contribution is 0.299. The van der Waals surface area contributed by atoms with Gasteiger partial charge in [0, 0.05) is 13.1 Å². The maximum absolute atomic E-state index is 5.84. The highest BCUT2D eigenvalue weighted by Gasteiger charge is 1.99. The van der Waals surface area contributed by atoms with E-state index in [2.05, 4.69) is 34.3 Å². The summed E-state index contributed by atoms with van der Waals surface area (Å²) in [5.74, 6) is 2.09. The van der Waals surface area contributed by atoms with Crippen LogP contribution in [0.3, 0.4) is 0 Å². The van der Waals surface area contributed by atoms with E-state index in [4.69, 9.17) is 32.4 Å². The molecule has 8 nitrogen and oxygen atoms in total. The lowest BCUT2D eigenvalue weighted by Crippen LogP contribution is -2.23. The van der Waals surface area contributed by atoms with Crippen LogP contribution in [0.5, 0.6) is 11.5 Å². The number of hydrogen-bond donors (Lipinski definition) is 4. The first-order valence-electron chi connectivity index (χ1n) is 12.6. The molecule has 8 N–H and O–H groups in total. The average molecular weight is 483 g/mol. The van der Waals surface area contributed by atoms with Gasteiger partial charge in [-0.15, -0.1) is 0 Å². The summed E-state index contributed by atoms with van der Waals surface area (Å²) in [6, 6.07) is 16.3. The zero-order chi connectivity index (χ0) is 25.1. The molecule has 0 aliphatic carbocycles. The number of guanidine groups is 2. The number of rotatable bonds is 18. The summed E-state index contributed by atoms with van der Waals surface area (Å²) in [6.07, 6.45) is 9.94. The molecule has 0 fully saturated rings. The molecule has 0 bridgehead atoms. The zero-order valence-electron chi connectivity index (χ0n) is 20.8. The standard InChI is InChI=1S/C27H42N6O2/c28-26(29)32-18-16-22-8-12-24(13-9-22)34-20-6-4-2-1-3-5-7-21-35-25-14-10-23(11-15-25)17-19-33-27(30)31/h8-15H,1-7,16-21H2,(H4,28,29,32)(H4,30,31,33). The summed E-state index contributed by atoms with van der Waals surface area (Å²) in [6.45, 7) is 2.72. The second kappa shape index (κ2) is 17.1. The fourth-order valence-corrected chi connectivity index (χ4v) is 3.60. The average Bonchev–Trinajstić information content (AvgIpc) is 2.84. The van der Waals surface area contributed by atoms with Gasteiger partial charge in [-0.2, -0.15) is 0 Å². The van der Waals surface area contributed by atoms with Crippen molar-refractivity contribution in [2.75, 3.05) is 26.3 Å². The molecule has 35 heavy (non-hydrogen) atoms. The Balaban J connectivity index is 1.42. The van der Waals surface area contributed by atoms with Crippen LogP contribution in [0.2, 0.25) is 0 Å². The van der Waals surface area contributed by atoms with E-state index in [1.54, 1.807) is 0 Å². The van der Waals surface area contributed by atoms with Crippen LogP contribution in [-0.2, 0) is 12.8 Å². The van der Waals surface area contributed by atoms with Crippen LogP contribution in [0.1, 0.15) is 56.1 Å². The highest BCUT2D eigenvalue weighted by atomic mass is 16.5. The predicted octanol–water partition coefficient (Wildman–Crippen LogP) is 3.51. The Morgan fingerprint density at radius 2 is 0.857 bits per heavy atom. The van der Waals surface area contributed by atoms with Gasteiger partial charge in [-0.1, -0.05) is 56.4 Å². The zero-order valence-corrected chi connectivity index (χ0v) is 20.8. The molecule has 8 heteroatoms. The Kier molecular flexibility index (Phi) is 13.6. The Morgan fingerprint density at radius 1 is 0.514 bits per heavy atom. The molecule has 0 spiro atoms. The molecule has 2 aromatic carbocycles. The molecule has 0 radical (unpaired) electrons. The van der Waals surface area contributed by atoms with Gasteiger partial charge in [-0.05, 0) is 61.1 Å². The Morgan fingerprint density at radius 3 is 1.20 bits per heavy atom. The monoisotopic (exact) mass is 482 g/mol. The van der Waals surface area contributed by atoms with Gasteiger partial charge in [-0.25, -0.2) is 0 Å². The summed E-state index contributed by atoms with van der Waals surface area (Å²) in [7, 11) is 0. The molecule has 0 unspecified atom stereocenters. The number of hydrogen-bond acceptors (Lipinski definition) is 4. The van der Waals surface area contributed by atoms with E-state index in [1.165, 1.54) is 43.2 Å². The molecule has 2 aromatic rings. The quantitative estimate of drug-likeness (QED) is 0.145. The normalized spacial score (nSPS) is 10.5. The third-order valence-corrected chi connectivity index (χ3v) is 5.56. The smallest absolute Gasteiger partial charge is 0.185 e. The molecule has 0 aromatic heterocycles. The van der Waals surface area contributed by atoms with Crippen LogP contribution in [0.15, 0.2) is 58.5 Å². The maximum Gasteiger partial charge on any atom is 0.185 e. The van der Waals surface area contributed by atoms with E-state index in [-0.39, 0.29) is 11.9 Å². The van der Waals surface area contributed by atoms with Gasteiger partial charge in [0.15, 0.2) is 11.9 Å². The van der Waals surface area contributed by atoms with Crippen LogP contribution in [0.4, 0.5) is 0 Å². The van der Waals surface area contributed by atoms with Gasteiger partial charge in [0.2, 0.25) is 0 Å². The number of unbranched alkanes of at least 4 members (excludes halogenated alkanes) is 6. The summed E-state index contributed by atoms with van der Waals surface area (Å²) < 4.78 is 11.7. The van der Waals surface area contributed by atoms with E-state index in [9.17, 15) is 0 Å². The first-order valence-corrected chi connectivity index (χ1v) is 12.6. The summed E-state index contributed by atoms with van der Waals surface area (Å²) in [5.41, 5.74) is 23.8. The van der Waals surface area contributed by atoms with Crippen molar-refractivity contribution < 1.29 is 9.47 Å². The first kappa shape index (κ1) is 27.8. The van der Waals surface area contributed by atoms with E-state index in [0.29, 0.717) is 13.1 Å². The highest BCUT2D eigenvalue weighted by molar-refractivity contribution is 5.75. The number of ether oxygens (including phenoxy) is 2. The molecule has 0 heterocycles. The van der Waals surface area contributed by atoms with Gasteiger partial charge in [0.05, 0.1) is 13.2 Å². The molecule has 0 aliphatic rings. The summed E-state index contributed by atoms with van der Waals surface area (Å²) in [4.78, 5) is 8.00. The van der Waals surface area contributed by atoms with Gasteiger partial charge in [-0.3, -0.25) is 9.98 Å². The van der Waals surface area contributed by atoms with Gasteiger partial charge < -0.3 is 32.4 Å². The molecule has 0 amide bonds. The van der Waals surface area contributed by atoms with E-state index >= 15 is 0 Å². The van der Waals surface area contributed by atoms with Crippen molar-refractivity contribution in [3.63, 3.8) is 0 Å². The van der Waals surface area contributed by atoms with Crippen LogP contribution in [0.25, 0.3) is 0 Å². The van der Waals surface area contributed by atoms with Crippen molar-refractivity contribution >= 4 is 11.9 Å². The van der Waals surface area contributed by atoms with Crippen LogP contribution < -0.4 is 32.4 Å². The molecule has 2 rings (SSSR count). The van der Waals surface area contributed by atoms with Gasteiger partial charge >= 0.3 is 0 Å². The van der Waals surface area contributed by atoms with Crippen LogP contribution in [0, 0.1) is 0 Å². The van der Waals surface area contributed by atoms with Crippen molar-refractivity contribution in [3.8, 4) is 11.5 Å². The van der Waals surface area contributed by atoms with E-state index in [1.807, 2.05) is 24.3 Å². The molecule has 0 saturated heterocycles. The third-order valence-electron chi connectivity index (χ3n) is 5.56. The second-order valence-electron chi connectivity index (χ2n) is 8.57. The number of aliphatic imine (C=N–C) groups is 2. The fraction of sp³-hybridized carbons (Fsp3) is 0.481.